The monoisotopic (exact) mass is 660 g/mol. The lowest BCUT2D eigenvalue weighted by molar-refractivity contribution is -0.133. The summed E-state index contributed by atoms with van der Waals surface area (Å²) < 4.78 is 5.28. The van der Waals surface area contributed by atoms with Crippen LogP contribution in [0.25, 0.3) is 0 Å². The number of carbonyl (C=O) groups is 4. The van der Waals surface area contributed by atoms with Crippen LogP contribution in [0.5, 0.6) is 0 Å². The minimum atomic E-state index is -0.947. The Morgan fingerprint density at radius 3 is 2.00 bits per heavy atom. The number of carbonyl (C=O) groups excluding carboxylic acids is 4. The normalized spacial score (nSPS) is 12.5. The lowest BCUT2D eigenvalue weighted by Crippen LogP contribution is -2.47. The number of esters is 1. The van der Waals surface area contributed by atoms with Crippen molar-refractivity contribution >= 4 is 46.6 Å². The van der Waals surface area contributed by atoms with Gasteiger partial charge in [0, 0.05) is 18.8 Å². The number of ketones is 2. The largest absolute Gasteiger partial charge is 0.454 e. The Morgan fingerprint density at radius 1 is 0.800 bits per heavy atom. The molecule has 0 heterocycles. The lowest BCUT2D eigenvalue weighted by Gasteiger charge is -2.23. The van der Waals surface area contributed by atoms with Crippen molar-refractivity contribution in [3.8, 4) is 0 Å². The molecule has 2 rings (SSSR count). The van der Waals surface area contributed by atoms with Crippen molar-refractivity contribution in [2.45, 2.75) is 96.9 Å². The minimum absolute atomic E-state index is 0.0204. The first-order valence-corrected chi connectivity index (χ1v) is 17.0. The Balaban J connectivity index is 1.96. The summed E-state index contributed by atoms with van der Waals surface area (Å²) in [6.45, 7) is 4.52. The standard InChI is InChI=1S/C36H50Cl2N2O5/c1-26(2)22-28(24-29(41)18-13-8-6-4-5-7-9-14-21-39-3)35(43)40-32(23-27-16-11-10-12-17-27)33(42)25-45-36(44)34-30(37)19-15-20-31(34)38/h10-12,15-17,19-20,26,28,32,39H,4-9,13-14,18,21-25H2,1-3H3,(H,40,43)/t28-,32+/m1/s1. The minimum Gasteiger partial charge on any atom is -0.454 e. The summed E-state index contributed by atoms with van der Waals surface area (Å²) in [6.07, 6.45) is 10.4. The number of hydrogen-bond acceptors (Lipinski definition) is 6. The van der Waals surface area contributed by atoms with E-state index in [1.165, 1.54) is 44.2 Å². The molecular weight excluding hydrogens is 611 g/mol. The van der Waals surface area contributed by atoms with Crippen LogP contribution < -0.4 is 10.6 Å². The van der Waals surface area contributed by atoms with E-state index in [4.69, 9.17) is 27.9 Å². The SMILES string of the molecule is CNCCCCCCCCCCC(=O)C[C@@H](CC(C)C)C(=O)N[C@@H](Cc1ccccc1)C(=O)COC(=O)c1c(Cl)cccc1Cl. The smallest absolute Gasteiger partial charge is 0.341 e. The van der Waals surface area contributed by atoms with Gasteiger partial charge in [-0.05, 0) is 62.9 Å². The average Bonchev–Trinajstić information content (AvgIpc) is 3.00. The van der Waals surface area contributed by atoms with Crippen LogP contribution in [0, 0.1) is 11.8 Å². The van der Waals surface area contributed by atoms with Gasteiger partial charge in [0.25, 0.3) is 0 Å². The lowest BCUT2D eigenvalue weighted by atomic mass is 9.89. The predicted molar refractivity (Wildman–Crippen MR) is 182 cm³/mol. The summed E-state index contributed by atoms with van der Waals surface area (Å²) >= 11 is 12.2. The molecule has 0 spiro atoms. The van der Waals surface area contributed by atoms with Gasteiger partial charge in [0.05, 0.1) is 21.7 Å². The Morgan fingerprint density at radius 2 is 1.40 bits per heavy atom. The second kappa shape index (κ2) is 21.9. The number of rotatable bonds is 23. The van der Waals surface area contributed by atoms with Gasteiger partial charge in [-0.1, -0.05) is 112 Å². The van der Waals surface area contributed by atoms with Crippen LogP contribution in [0.3, 0.4) is 0 Å². The van der Waals surface area contributed by atoms with E-state index in [0.717, 1.165) is 31.4 Å². The Hall–Kier alpha value is -2.74. The maximum atomic E-state index is 13.5. The van der Waals surface area contributed by atoms with Gasteiger partial charge >= 0.3 is 5.97 Å². The van der Waals surface area contributed by atoms with E-state index in [0.29, 0.717) is 12.8 Å². The molecular formula is C36H50Cl2N2O5. The van der Waals surface area contributed by atoms with Gasteiger partial charge in [0.1, 0.15) is 5.78 Å². The van der Waals surface area contributed by atoms with E-state index < -0.39 is 30.3 Å². The molecule has 0 fully saturated rings. The third kappa shape index (κ3) is 15.4. The van der Waals surface area contributed by atoms with Gasteiger partial charge in [-0.2, -0.15) is 0 Å². The number of ether oxygens (including phenoxy) is 1. The van der Waals surface area contributed by atoms with Crippen molar-refractivity contribution in [2.75, 3.05) is 20.2 Å². The van der Waals surface area contributed by atoms with Crippen molar-refractivity contribution in [1.82, 2.24) is 10.6 Å². The Bertz CT molecular complexity index is 1180. The zero-order valence-electron chi connectivity index (χ0n) is 27.0. The molecule has 0 aromatic heterocycles. The number of unbranched alkanes of at least 4 members (excludes halogenated alkanes) is 7. The van der Waals surface area contributed by atoms with Gasteiger partial charge in [-0.25, -0.2) is 4.79 Å². The summed E-state index contributed by atoms with van der Waals surface area (Å²) in [5.41, 5.74) is 0.819. The number of hydrogen-bond donors (Lipinski definition) is 2. The van der Waals surface area contributed by atoms with Crippen LogP contribution in [-0.2, 0) is 25.5 Å². The highest BCUT2D eigenvalue weighted by molar-refractivity contribution is 6.39. The fraction of sp³-hybridized carbons (Fsp3) is 0.556. The van der Waals surface area contributed by atoms with Crippen LogP contribution >= 0.6 is 23.2 Å². The van der Waals surface area contributed by atoms with E-state index in [1.54, 1.807) is 6.07 Å². The highest BCUT2D eigenvalue weighted by Crippen LogP contribution is 2.25. The number of nitrogens with one attached hydrogen (secondary N) is 2. The van der Waals surface area contributed by atoms with Crippen LogP contribution in [0.2, 0.25) is 10.0 Å². The van der Waals surface area contributed by atoms with Crippen molar-refractivity contribution in [3.05, 3.63) is 69.7 Å². The summed E-state index contributed by atoms with van der Waals surface area (Å²) in [7, 11) is 1.98. The third-order valence-corrected chi connectivity index (χ3v) is 8.36. The molecule has 0 radical (unpaired) electrons. The van der Waals surface area contributed by atoms with Crippen LogP contribution in [-0.4, -0.2) is 49.7 Å². The average molecular weight is 662 g/mol. The number of benzene rings is 2. The van der Waals surface area contributed by atoms with Gasteiger partial charge in [-0.3, -0.25) is 14.4 Å². The molecule has 0 unspecified atom stereocenters. The highest BCUT2D eigenvalue weighted by atomic mass is 35.5. The van der Waals surface area contributed by atoms with E-state index in [2.05, 4.69) is 10.6 Å². The molecule has 248 valence electrons. The third-order valence-electron chi connectivity index (χ3n) is 7.73. The fourth-order valence-electron chi connectivity index (χ4n) is 5.30. The quantitative estimate of drug-likeness (QED) is 0.0931. The molecule has 2 aromatic carbocycles. The second-order valence-electron chi connectivity index (χ2n) is 12.1. The highest BCUT2D eigenvalue weighted by Gasteiger charge is 2.29. The second-order valence-corrected chi connectivity index (χ2v) is 13.0. The zero-order valence-corrected chi connectivity index (χ0v) is 28.6. The summed E-state index contributed by atoms with van der Waals surface area (Å²) in [6, 6.07) is 13.0. The molecule has 0 aliphatic heterocycles. The maximum absolute atomic E-state index is 13.5. The van der Waals surface area contributed by atoms with Crippen LogP contribution in [0.1, 0.15) is 100 Å². The van der Waals surface area contributed by atoms with E-state index in [-0.39, 0.29) is 46.1 Å². The van der Waals surface area contributed by atoms with Gasteiger partial charge < -0.3 is 15.4 Å². The predicted octanol–water partition coefficient (Wildman–Crippen LogP) is 7.80. The fourth-order valence-corrected chi connectivity index (χ4v) is 5.85. The first-order valence-electron chi connectivity index (χ1n) is 16.3. The molecule has 0 aliphatic rings. The summed E-state index contributed by atoms with van der Waals surface area (Å²) in [5, 5.41) is 6.29. The first-order chi connectivity index (χ1) is 21.6. The molecule has 2 aromatic rings. The Labute approximate surface area is 279 Å². The summed E-state index contributed by atoms with van der Waals surface area (Å²) in [4.78, 5) is 52.5. The van der Waals surface area contributed by atoms with Gasteiger partial charge in [0.15, 0.2) is 12.4 Å². The molecule has 45 heavy (non-hydrogen) atoms. The van der Waals surface area contributed by atoms with Crippen molar-refractivity contribution in [1.29, 1.82) is 0 Å². The van der Waals surface area contributed by atoms with Gasteiger partial charge in [0.2, 0.25) is 5.91 Å². The zero-order chi connectivity index (χ0) is 33.0. The topological polar surface area (TPSA) is 102 Å². The van der Waals surface area contributed by atoms with E-state index in [1.807, 2.05) is 51.2 Å². The molecule has 9 heteroatoms. The number of halogens is 2. The Kier molecular flexibility index (Phi) is 18.7. The van der Waals surface area contributed by atoms with Crippen molar-refractivity contribution in [2.24, 2.45) is 11.8 Å². The van der Waals surface area contributed by atoms with Gasteiger partial charge in [-0.15, -0.1) is 0 Å². The van der Waals surface area contributed by atoms with E-state index in [9.17, 15) is 19.2 Å². The molecule has 0 saturated carbocycles. The summed E-state index contributed by atoms with van der Waals surface area (Å²) in [5.74, 6) is -1.93. The molecule has 0 saturated heterocycles. The molecule has 0 bridgehead atoms. The molecule has 0 aliphatic carbocycles. The van der Waals surface area contributed by atoms with Crippen molar-refractivity contribution in [3.63, 3.8) is 0 Å². The molecule has 7 nitrogen and oxygen atoms in total. The number of Topliss-reactive ketones (excluding diaryl/α,β-unsaturated/α-hetero) is 2. The van der Waals surface area contributed by atoms with Crippen LogP contribution in [0.4, 0.5) is 0 Å². The van der Waals surface area contributed by atoms with Crippen LogP contribution in [0.15, 0.2) is 48.5 Å². The molecule has 1 amide bonds. The first kappa shape index (κ1) is 38.4. The van der Waals surface area contributed by atoms with E-state index >= 15 is 0 Å². The van der Waals surface area contributed by atoms with Crippen molar-refractivity contribution < 1.29 is 23.9 Å². The maximum Gasteiger partial charge on any atom is 0.341 e. The molecule has 2 atom stereocenters. The number of amides is 1. The molecule has 2 N–H and O–H groups in total.